The molecule has 0 aliphatic heterocycles. The number of rotatable bonds is 9. The van der Waals surface area contributed by atoms with Crippen molar-refractivity contribution in [2.75, 3.05) is 12.9 Å². The van der Waals surface area contributed by atoms with E-state index in [4.69, 9.17) is 9.47 Å². The lowest BCUT2D eigenvalue weighted by molar-refractivity contribution is -0.132. The molecule has 4 rings (SSSR count). The highest BCUT2D eigenvalue weighted by molar-refractivity contribution is 9.10. The molecule has 4 aromatic rings. The molecule has 188 valence electrons. The zero-order valence-electron chi connectivity index (χ0n) is 19.8. The van der Waals surface area contributed by atoms with Crippen molar-refractivity contribution in [1.82, 2.24) is 25.2 Å². The van der Waals surface area contributed by atoms with Gasteiger partial charge in [-0.05, 0) is 60.2 Å². The van der Waals surface area contributed by atoms with Crippen LogP contribution >= 0.6 is 27.7 Å². The fourth-order valence-corrected chi connectivity index (χ4v) is 4.23. The number of pyridine rings is 1. The van der Waals surface area contributed by atoms with Crippen LogP contribution in [-0.2, 0) is 9.59 Å². The minimum Gasteiger partial charge on any atom is -0.493 e. The number of methoxy groups -OCH3 is 1. The predicted molar refractivity (Wildman–Crippen MR) is 143 cm³/mol. The number of amides is 1. The van der Waals surface area contributed by atoms with Crippen LogP contribution in [0.1, 0.15) is 12.5 Å². The highest BCUT2D eigenvalue weighted by Crippen LogP contribution is 2.29. The third-order valence-corrected chi connectivity index (χ3v) is 6.29. The summed E-state index contributed by atoms with van der Waals surface area (Å²) in [6.45, 7) is 1.31. The Kier molecular flexibility index (Phi) is 8.64. The lowest BCUT2D eigenvalue weighted by atomic mass is 10.2. The van der Waals surface area contributed by atoms with Gasteiger partial charge in [-0.1, -0.05) is 27.7 Å². The zero-order valence-corrected chi connectivity index (χ0v) is 22.2. The second-order valence-corrected chi connectivity index (χ2v) is 9.30. The average molecular weight is 581 g/mol. The van der Waals surface area contributed by atoms with Gasteiger partial charge >= 0.3 is 5.97 Å². The molecule has 1 amide bonds. The fourth-order valence-electron chi connectivity index (χ4n) is 3.22. The van der Waals surface area contributed by atoms with Gasteiger partial charge in [0.2, 0.25) is 0 Å². The lowest BCUT2D eigenvalue weighted by Gasteiger charge is -2.10. The van der Waals surface area contributed by atoms with E-state index in [0.717, 1.165) is 15.7 Å². The molecule has 12 heteroatoms. The molecule has 1 N–H and O–H groups in total. The summed E-state index contributed by atoms with van der Waals surface area (Å²) in [5.41, 5.74) is 4.86. The Labute approximate surface area is 225 Å². The molecule has 10 nitrogen and oxygen atoms in total. The van der Waals surface area contributed by atoms with Gasteiger partial charge in [0.1, 0.15) is 0 Å². The van der Waals surface area contributed by atoms with Crippen molar-refractivity contribution in [2.24, 2.45) is 5.10 Å². The van der Waals surface area contributed by atoms with E-state index in [0.29, 0.717) is 28.0 Å². The summed E-state index contributed by atoms with van der Waals surface area (Å²) in [6.07, 6.45) is 4.84. The highest BCUT2D eigenvalue weighted by Gasteiger charge is 2.17. The number of nitrogens with one attached hydrogen (secondary N) is 1. The fraction of sp³-hybridized carbons (Fsp3) is 0.120. The van der Waals surface area contributed by atoms with Gasteiger partial charge in [-0.3, -0.25) is 19.1 Å². The standard InChI is InChI=1S/C25H21BrN6O4S/c1-16(33)36-21-8-3-17(13-22(21)35-2)14-28-29-23(34)15-37-25-31-30-24(18-9-11-27-12-10-18)32(25)20-6-4-19(26)5-7-20/h3-14H,15H2,1-2H3,(H,29,34)/b28-14-. The van der Waals surface area contributed by atoms with Crippen LogP contribution in [0, 0.1) is 0 Å². The van der Waals surface area contributed by atoms with Crippen LogP contribution in [0.4, 0.5) is 0 Å². The predicted octanol–water partition coefficient (Wildman–Crippen LogP) is 4.27. The first kappa shape index (κ1) is 26.0. The van der Waals surface area contributed by atoms with E-state index in [1.807, 2.05) is 41.0 Å². The Bertz CT molecular complexity index is 1430. The second kappa shape index (κ2) is 12.3. The van der Waals surface area contributed by atoms with Gasteiger partial charge < -0.3 is 9.47 Å². The smallest absolute Gasteiger partial charge is 0.308 e. The number of carbonyl (C=O) groups is 2. The maximum Gasteiger partial charge on any atom is 0.308 e. The number of carbonyl (C=O) groups excluding carboxylic acids is 2. The molecule has 2 heterocycles. The monoisotopic (exact) mass is 580 g/mol. The molecule has 2 aromatic carbocycles. The van der Waals surface area contributed by atoms with Crippen LogP contribution < -0.4 is 14.9 Å². The Morgan fingerprint density at radius 1 is 1.08 bits per heavy atom. The van der Waals surface area contributed by atoms with Crippen LogP contribution in [0.2, 0.25) is 0 Å². The summed E-state index contributed by atoms with van der Waals surface area (Å²) in [7, 11) is 1.47. The van der Waals surface area contributed by atoms with Crippen LogP contribution in [0.3, 0.4) is 0 Å². The zero-order chi connectivity index (χ0) is 26.2. The van der Waals surface area contributed by atoms with E-state index in [9.17, 15) is 9.59 Å². The number of hydrogen-bond acceptors (Lipinski definition) is 9. The molecule has 2 aromatic heterocycles. The quantitative estimate of drug-likeness (QED) is 0.102. The summed E-state index contributed by atoms with van der Waals surface area (Å²) in [5.74, 6) is 0.606. The maximum atomic E-state index is 12.5. The highest BCUT2D eigenvalue weighted by atomic mass is 79.9. The molecule has 0 fully saturated rings. The number of hydrazone groups is 1. The van der Waals surface area contributed by atoms with Gasteiger partial charge in [-0.2, -0.15) is 5.10 Å². The van der Waals surface area contributed by atoms with Gasteiger partial charge in [0.15, 0.2) is 22.5 Å². The molecule has 0 saturated carbocycles. The van der Waals surface area contributed by atoms with Gasteiger partial charge in [0.05, 0.1) is 19.1 Å². The van der Waals surface area contributed by atoms with Crippen LogP contribution in [-0.4, -0.2) is 50.7 Å². The maximum absolute atomic E-state index is 12.5. The first-order valence-electron chi connectivity index (χ1n) is 10.9. The van der Waals surface area contributed by atoms with Crippen molar-refractivity contribution in [3.63, 3.8) is 0 Å². The van der Waals surface area contributed by atoms with E-state index in [1.165, 1.54) is 32.0 Å². The minimum atomic E-state index is -0.451. The Morgan fingerprint density at radius 3 is 2.54 bits per heavy atom. The Hall–Kier alpha value is -4.03. The minimum absolute atomic E-state index is 0.0665. The third kappa shape index (κ3) is 6.80. The van der Waals surface area contributed by atoms with Crippen molar-refractivity contribution in [3.05, 3.63) is 77.0 Å². The van der Waals surface area contributed by atoms with Crippen molar-refractivity contribution in [1.29, 1.82) is 0 Å². The number of benzene rings is 2. The summed E-state index contributed by atoms with van der Waals surface area (Å²) in [6, 6.07) is 16.4. The van der Waals surface area contributed by atoms with Crippen molar-refractivity contribution in [2.45, 2.75) is 12.1 Å². The third-order valence-electron chi connectivity index (χ3n) is 4.83. The molecule has 0 spiro atoms. The molecule has 0 saturated heterocycles. The Morgan fingerprint density at radius 2 is 1.84 bits per heavy atom. The number of aromatic nitrogens is 4. The van der Waals surface area contributed by atoms with Crippen LogP contribution in [0.25, 0.3) is 17.1 Å². The molecule has 37 heavy (non-hydrogen) atoms. The number of thioether (sulfide) groups is 1. The topological polar surface area (TPSA) is 121 Å². The van der Waals surface area contributed by atoms with E-state index >= 15 is 0 Å². The number of ether oxygens (including phenoxy) is 2. The average Bonchev–Trinajstić information content (AvgIpc) is 3.33. The van der Waals surface area contributed by atoms with Crippen molar-refractivity contribution >= 4 is 45.8 Å². The van der Waals surface area contributed by atoms with E-state index in [2.05, 4.69) is 41.6 Å². The molecule has 0 aliphatic rings. The second-order valence-electron chi connectivity index (χ2n) is 7.44. The van der Waals surface area contributed by atoms with E-state index < -0.39 is 5.97 Å². The van der Waals surface area contributed by atoms with Crippen LogP contribution in [0.5, 0.6) is 11.5 Å². The molecule has 0 unspecified atom stereocenters. The largest absolute Gasteiger partial charge is 0.493 e. The number of nitrogens with zero attached hydrogens (tertiary/aromatic N) is 5. The van der Waals surface area contributed by atoms with Crippen molar-refractivity contribution < 1.29 is 19.1 Å². The molecular weight excluding hydrogens is 560 g/mol. The Balaban J connectivity index is 1.45. The summed E-state index contributed by atoms with van der Waals surface area (Å²) in [5, 5.41) is 13.2. The summed E-state index contributed by atoms with van der Waals surface area (Å²) >= 11 is 4.69. The molecular formula is C25H21BrN6O4S. The summed E-state index contributed by atoms with van der Waals surface area (Å²) < 4.78 is 13.2. The first-order chi connectivity index (χ1) is 17.9. The molecule has 0 bridgehead atoms. The SMILES string of the molecule is COc1cc(/C=N\NC(=O)CSc2nnc(-c3ccncc3)n2-c2ccc(Br)cc2)ccc1OC(C)=O. The molecule has 0 radical (unpaired) electrons. The van der Waals surface area contributed by atoms with Gasteiger partial charge in [-0.15, -0.1) is 10.2 Å². The number of halogens is 1. The number of hydrogen-bond donors (Lipinski definition) is 1. The van der Waals surface area contributed by atoms with E-state index in [1.54, 1.807) is 30.6 Å². The summed E-state index contributed by atoms with van der Waals surface area (Å²) in [4.78, 5) is 27.7. The normalized spacial score (nSPS) is 10.9. The molecule has 0 atom stereocenters. The molecule has 0 aliphatic carbocycles. The number of esters is 1. The van der Waals surface area contributed by atoms with Crippen LogP contribution in [0.15, 0.2) is 81.7 Å². The lowest BCUT2D eigenvalue weighted by Crippen LogP contribution is -2.20. The van der Waals surface area contributed by atoms with E-state index in [-0.39, 0.29) is 11.7 Å². The van der Waals surface area contributed by atoms with Crippen molar-refractivity contribution in [3.8, 4) is 28.6 Å². The van der Waals surface area contributed by atoms with Gasteiger partial charge in [0, 0.05) is 35.0 Å². The van der Waals surface area contributed by atoms with Gasteiger partial charge in [0.25, 0.3) is 5.91 Å². The first-order valence-corrected chi connectivity index (χ1v) is 12.7. The van der Waals surface area contributed by atoms with Gasteiger partial charge in [-0.25, -0.2) is 5.43 Å².